The van der Waals surface area contributed by atoms with Crippen LogP contribution in [0.15, 0.2) is 18.2 Å². The summed E-state index contributed by atoms with van der Waals surface area (Å²) in [6, 6.07) is 7.03. The summed E-state index contributed by atoms with van der Waals surface area (Å²) in [6.07, 6.45) is 3.87. The van der Waals surface area contributed by atoms with Gasteiger partial charge in [0.1, 0.15) is 11.9 Å². The number of hydrogen-bond acceptors (Lipinski definition) is 2. The van der Waals surface area contributed by atoms with Crippen molar-refractivity contribution in [2.24, 2.45) is 0 Å². The molecule has 0 saturated carbocycles. The standard InChI is InChI=1S/C15H20ClNO/c1-11-4-5-15-12(7-11)8-14(18-15)10-17-6-2-3-13(17)9-16/h4-5,7,13-14H,2-3,6,8-10H2,1H3. The van der Waals surface area contributed by atoms with Gasteiger partial charge >= 0.3 is 0 Å². The lowest BCUT2D eigenvalue weighted by atomic mass is 10.1. The second-order valence-corrected chi connectivity index (χ2v) is 5.81. The van der Waals surface area contributed by atoms with Crippen LogP contribution < -0.4 is 4.74 Å². The van der Waals surface area contributed by atoms with E-state index >= 15 is 0 Å². The van der Waals surface area contributed by atoms with Crippen molar-refractivity contribution in [2.45, 2.75) is 38.3 Å². The molecule has 0 spiro atoms. The average Bonchev–Trinajstić information content (AvgIpc) is 2.94. The van der Waals surface area contributed by atoms with Crippen LogP contribution in [-0.4, -0.2) is 36.0 Å². The highest BCUT2D eigenvalue weighted by Gasteiger charge is 2.30. The summed E-state index contributed by atoms with van der Waals surface area (Å²) in [4.78, 5) is 2.50. The summed E-state index contributed by atoms with van der Waals surface area (Å²) in [5.41, 5.74) is 2.68. The number of alkyl halides is 1. The maximum Gasteiger partial charge on any atom is 0.123 e. The Kier molecular flexibility index (Phi) is 3.49. The smallest absolute Gasteiger partial charge is 0.123 e. The average molecular weight is 266 g/mol. The number of likely N-dealkylation sites (tertiary alicyclic amines) is 1. The maximum absolute atomic E-state index is 6.03. The molecule has 2 nitrogen and oxygen atoms in total. The molecular formula is C15H20ClNO. The van der Waals surface area contributed by atoms with E-state index in [-0.39, 0.29) is 0 Å². The predicted octanol–water partition coefficient (Wildman–Crippen LogP) is 3.00. The van der Waals surface area contributed by atoms with Crippen molar-refractivity contribution in [1.82, 2.24) is 4.90 Å². The lowest BCUT2D eigenvalue weighted by molar-refractivity contribution is 0.147. The van der Waals surface area contributed by atoms with Crippen molar-refractivity contribution in [1.29, 1.82) is 0 Å². The Morgan fingerprint density at radius 1 is 1.44 bits per heavy atom. The molecule has 1 fully saturated rings. The minimum atomic E-state index is 0.311. The Balaban J connectivity index is 1.64. The highest BCUT2D eigenvalue weighted by molar-refractivity contribution is 6.18. The second-order valence-electron chi connectivity index (χ2n) is 5.50. The SMILES string of the molecule is Cc1ccc2c(c1)CC(CN1CCCC1CCl)O2. The topological polar surface area (TPSA) is 12.5 Å². The molecule has 0 bridgehead atoms. The number of fused-ring (bicyclic) bond motifs is 1. The third kappa shape index (κ3) is 2.36. The van der Waals surface area contributed by atoms with Gasteiger partial charge in [-0.2, -0.15) is 0 Å². The molecule has 2 atom stereocenters. The quantitative estimate of drug-likeness (QED) is 0.779. The largest absolute Gasteiger partial charge is 0.488 e. The minimum absolute atomic E-state index is 0.311. The molecule has 2 aliphatic heterocycles. The highest BCUT2D eigenvalue weighted by atomic mass is 35.5. The molecule has 0 amide bonds. The van der Waals surface area contributed by atoms with E-state index in [1.54, 1.807) is 0 Å². The minimum Gasteiger partial charge on any atom is -0.488 e. The van der Waals surface area contributed by atoms with Crippen molar-refractivity contribution in [3.63, 3.8) is 0 Å². The van der Waals surface area contributed by atoms with Crippen LogP contribution in [0.2, 0.25) is 0 Å². The number of ether oxygens (including phenoxy) is 1. The molecule has 0 aliphatic carbocycles. The van der Waals surface area contributed by atoms with Crippen LogP contribution in [0, 0.1) is 6.92 Å². The molecule has 2 unspecified atom stereocenters. The van der Waals surface area contributed by atoms with E-state index in [1.807, 2.05) is 0 Å². The maximum atomic E-state index is 6.03. The number of hydrogen-bond donors (Lipinski definition) is 0. The molecule has 1 aromatic carbocycles. The van der Waals surface area contributed by atoms with Gasteiger partial charge in [-0.1, -0.05) is 17.7 Å². The predicted molar refractivity (Wildman–Crippen MR) is 74.6 cm³/mol. The Labute approximate surface area is 114 Å². The van der Waals surface area contributed by atoms with Gasteiger partial charge in [0.25, 0.3) is 0 Å². The van der Waals surface area contributed by atoms with Gasteiger partial charge < -0.3 is 4.74 Å². The van der Waals surface area contributed by atoms with Crippen LogP contribution in [0.5, 0.6) is 5.75 Å². The molecule has 18 heavy (non-hydrogen) atoms. The number of aryl methyl sites for hydroxylation is 1. The summed E-state index contributed by atoms with van der Waals surface area (Å²) in [6.45, 7) is 4.33. The van der Waals surface area contributed by atoms with Gasteiger partial charge in [0, 0.05) is 24.9 Å². The van der Waals surface area contributed by atoms with Gasteiger partial charge in [-0.25, -0.2) is 0 Å². The Bertz CT molecular complexity index is 435. The summed E-state index contributed by atoms with van der Waals surface area (Å²) < 4.78 is 6.03. The first-order chi connectivity index (χ1) is 8.76. The zero-order chi connectivity index (χ0) is 12.5. The fourth-order valence-corrected chi connectivity index (χ4v) is 3.47. The summed E-state index contributed by atoms with van der Waals surface area (Å²) in [5.74, 6) is 1.82. The van der Waals surface area contributed by atoms with Crippen molar-refractivity contribution in [2.75, 3.05) is 19.0 Å². The number of halogens is 1. The third-order valence-corrected chi connectivity index (χ3v) is 4.43. The van der Waals surface area contributed by atoms with Crippen molar-refractivity contribution >= 4 is 11.6 Å². The number of benzene rings is 1. The molecule has 1 aromatic rings. The Morgan fingerprint density at radius 3 is 3.17 bits per heavy atom. The van der Waals surface area contributed by atoms with Gasteiger partial charge in [-0.3, -0.25) is 4.90 Å². The molecule has 2 aliphatic rings. The first-order valence-electron chi connectivity index (χ1n) is 6.82. The van der Waals surface area contributed by atoms with Gasteiger partial charge in [0.2, 0.25) is 0 Å². The van der Waals surface area contributed by atoms with Crippen molar-refractivity contribution < 1.29 is 4.74 Å². The Hall–Kier alpha value is -0.730. The molecule has 0 radical (unpaired) electrons. The van der Waals surface area contributed by atoms with Gasteiger partial charge in [-0.05, 0) is 37.9 Å². The monoisotopic (exact) mass is 265 g/mol. The molecule has 0 N–H and O–H groups in total. The molecule has 1 saturated heterocycles. The fourth-order valence-electron chi connectivity index (χ4n) is 3.12. The van der Waals surface area contributed by atoms with Gasteiger partial charge in [-0.15, -0.1) is 11.6 Å². The molecule has 3 rings (SSSR count). The summed E-state index contributed by atoms with van der Waals surface area (Å²) >= 11 is 6.02. The van der Waals surface area contributed by atoms with Crippen LogP contribution in [0.4, 0.5) is 0 Å². The molecule has 3 heteroatoms. The first-order valence-corrected chi connectivity index (χ1v) is 7.36. The Morgan fingerprint density at radius 2 is 2.33 bits per heavy atom. The van der Waals surface area contributed by atoms with Crippen LogP contribution in [0.25, 0.3) is 0 Å². The number of rotatable bonds is 3. The lowest BCUT2D eigenvalue weighted by Gasteiger charge is -2.25. The van der Waals surface area contributed by atoms with Crippen LogP contribution in [0.1, 0.15) is 24.0 Å². The lowest BCUT2D eigenvalue weighted by Crippen LogP contribution is -2.38. The van der Waals surface area contributed by atoms with Crippen LogP contribution in [0.3, 0.4) is 0 Å². The molecule has 2 heterocycles. The van der Waals surface area contributed by atoms with Crippen molar-refractivity contribution in [3.8, 4) is 5.75 Å². The zero-order valence-electron chi connectivity index (χ0n) is 10.9. The molecule has 0 aromatic heterocycles. The first kappa shape index (κ1) is 12.3. The summed E-state index contributed by atoms with van der Waals surface area (Å²) in [7, 11) is 0. The van der Waals surface area contributed by atoms with Crippen LogP contribution in [-0.2, 0) is 6.42 Å². The second kappa shape index (κ2) is 5.10. The van der Waals surface area contributed by atoms with E-state index in [2.05, 4.69) is 30.0 Å². The molecule has 98 valence electrons. The van der Waals surface area contributed by atoms with E-state index in [9.17, 15) is 0 Å². The van der Waals surface area contributed by atoms with Gasteiger partial charge in [0.15, 0.2) is 0 Å². The van der Waals surface area contributed by atoms with E-state index in [0.717, 1.165) is 24.6 Å². The third-order valence-electron chi connectivity index (χ3n) is 4.07. The van der Waals surface area contributed by atoms with Gasteiger partial charge in [0.05, 0.1) is 0 Å². The number of nitrogens with zero attached hydrogens (tertiary/aromatic N) is 1. The van der Waals surface area contributed by atoms with Crippen LogP contribution >= 0.6 is 11.6 Å². The summed E-state index contributed by atoms with van der Waals surface area (Å²) in [5, 5.41) is 0. The van der Waals surface area contributed by atoms with E-state index < -0.39 is 0 Å². The fraction of sp³-hybridized carbons (Fsp3) is 0.600. The molecular weight excluding hydrogens is 246 g/mol. The normalized spacial score (nSPS) is 27.2. The van der Waals surface area contributed by atoms with E-state index in [0.29, 0.717) is 12.1 Å². The van der Waals surface area contributed by atoms with E-state index in [1.165, 1.54) is 30.5 Å². The van der Waals surface area contributed by atoms with E-state index in [4.69, 9.17) is 16.3 Å². The van der Waals surface area contributed by atoms with Crippen molar-refractivity contribution in [3.05, 3.63) is 29.3 Å². The highest BCUT2D eigenvalue weighted by Crippen LogP contribution is 2.31. The zero-order valence-corrected chi connectivity index (χ0v) is 11.6.